The Labute approximate surface area is 103 Å². The first-order chi connectivity index (χ1) is 8.36. The van der Waals surface area contributed by atoms with Gasteiger partial charge in [-0.05, 0) is 45.2 Å². The molecule has 1 aliphatic heterocycles. The van der Waals surface area contributed by atoms with Crippen molar-refractivity contribution in [3.8, 4) is 0 Å². The highest BCUT2D eigenvalue weighted by Gasteiger charge is 2.24. The van der Waals surface area contributed by atoms with Crippen LogP contribution in [0.3, 0.4) is 0 Å². The van der Waals surface area contributed by atoms with E-state index >= 15 is 0 Å². The Balaban J connectivity index is 1.44. The minimum Gasteiger partial charge on any atom is -0.378 e. The van der Waals surface area contributed by atoms with Crippen molar-refractivity contribution < 1.29 is 9.53 Å². The van der Waals surface area contributed by atoms with E-state index in [-0.39, 0.29) is 5.91 Å². The van der Waals surface area contributed by atoms with E-state index in [0.717, 1.165) is 58.3 Å². The standard InChI is InChI=1S/C13H24N2O2/c16-13(11-3-1-4-11)15-7-2-10-17-12-5-8-14-9-6-12/h11-12,14H,1-10H2,(H,15,16). The van der Waals surface area contributed by atoms with Crippen molar-refractivity contribution >= 4 is 5.91 Å². The maximum Gasteiger partial charge on any atom is 0.223 e. The van der Waals surface area contributed by atoms with Crippen LogP contribution in [0.1, 0.15) is 38.5 Å². The lowest BCUT2D eigenvalue weighted by atomic mass is 9.85. The molecule has 0 atom stereocenters. The molecule has 17 heavy (non-hydrogen) atoms. The van der Waals surface area contributed by atoms with Gasteiger partial charge < -0.3 is 15.4 Å². The second kappa shape index (κ2) is 6.97. The molecule has 98 valence electrons. The van der Waals surface area contributed by atoms with Crippen molar-refractivity contribution in [2.75, 3.05) is 26.2 Å². The van der Waals surface area contributed by atoms with Crippen molar-refractivity contribution in [2.45, 2.75) is 44.6 Å². The van der Waals surface area contributed by atoms with Crippen molar-refractivity contribution in [2.24, 2.45) is 5.92 Å². The van der Waals surface area contributed by atoms with Crippen LogP contribution in [-0.2, 0) is 9.53 Å². The first-order valence-electron chi connectivity index (χ1n) is 6.96. The maximum atomic E-state index is 11.5. The topological polar surface area (TPSA) is 50.4 Å². The van der Waals surface area contributed by atoms with Crippen LogP contribution >= 0.6 is 0 Å². The molecule has 4 heteroatoms. The quantitative estimate of drug-likeness (QED) is 0.683. The third-order valence-corrected chi connectivity index (χ3v) is 3.74. The van der Waals surface area contributed by atoms with Crippen LogP contribution in [0.5, 0.6) is 0 Å². The van der Waals surface area contributed by atoms with Gasteiger partial charge in [-0.3, -0.25) is 4.79 Å². The van der Waals surface area contributed by atoms with E-state index in [0.29, 0.717) is 12.0 Å². The Morgan fingerprint density at radius 1 is 1.24 bits per heavy atom. The summed E-state index contributed by atoms with van der Waals surface area (Å²) in [4.78, 5) is 11.5. The van der Waals surface area contributed by atoms with E-state index in [1.165, 1.54) is 6.42 Å². The van der Waals surface area contributed by atoms with E-state index in [9.17, 15) is 4.79 Å². The number of hydrogen-bond acceptors (Lipinski definition) is 3. The molecule has 0 spiro atoms. The third-order valence-electron chi connectivity index (χ3n) is 3.74. The molecule has 4 nitrogen and oxygen atoms in total. The first kappa shape index (κ1) is 12.8. The van der Waals surface area contributed by atoms with Crippen molar-refractivity contribution in [1.82, 2.24) is 10.6 Å². The number of rotatable bonds is 6. The predicted octanol–water partition coefficient (Wildman–Crippen LogP) is 1.06. The molecule has 0 bridgehead atoms. The number of carbonyl (C=O) groups excluding carboxylic acids is 1. The smallest absolute Gasteiger partial charge is 0.223 e. The van der Waals surface area contributed by atoms with Gasteiger partial charge in [-0.15, -0.1) is 0 Å². The summed E-state index contributed by atoms with van der Waals surface area (Å²) in [5.74, 6) is 0.554. The minimum atomic E-state index is 0.248. The highest BCUT2D eigenvalue weighted by molar-refractivity contribution is 5.79. The summed E-state index contributed by atoms with van der Waals surface area (Å²) < 4.78 is 5.77. The molecule has 1 saturated carbocycles. The molecule has 2 aliphatic rings. The van der Waals surface area contributed by atoms with Gasteiger partial charge in [-0.1, -0.05) is 6.42 Å². The van der Waals surface area contributed by atoms with Gasteiger partial charge in [-0.25, -0.2) is 0 Å². The molecule has 2 fully saturated rings. The number of piperidine rings is 1. The molecule has 0 aromatic rings. The fraction of sp³-hybridized carbons (Fsp3) is 0.923. The van der Waals surface area contributed by atoms with Gasteiger partial charge in [0.1, 0.15) is 0 Å². The molecule has 2 N–H and O–H groups in total. The first-order valence-corrected chi connectivity index (χ1v) is 6.96. The van der Waals surface area contributed by atoms with Gasteiger partial charge in [-0.2, -0.15) is 0 Å². The zero-order valence-electron chi connectivity index (χ0n) is 10.5. The Morgan fingerprint density at radius 2 is 2.00 bits per heavy atom. The van der Waals surface area contributed by atoms with Crippen LogP contribution in [0, 0.1) is 5.92 Å². The summed E-state index contributed by atoms with van der Waals surface area (Å²) >= 11 is 0. The number of amides is 1. The second-order valence-corrected chi connectivity index (χ2v) is 5.09. The zero-order valence-corrected chi connectivity index (χ0v) is 10.5. The largest absolute Gasteiger partial charge is 0.378 e. The SMILES string of the molecule is O=C(NCCCOC1CCNCC1)C1CCC1. The molecule has 1 saturated heterocycles. The Hall–Kier alpha value is -0.610. The average Bonchev–Trinajstić information content (AvgIpc) is 2.27. The average molecular weight is 240 g/mol. The van der Waals surface area contributed by atoms with E-state index in [4.69, 9.17) is 4.74 Å². The predicted molar refractivity (Wildman–Crippen MR) is 66.8 cm³/mol. The van der Waals surface area contributed by atoms with Crippen molar-refractivity contribution in [3.05, 3.63) is 0 Å². The summed E-state index contributed by atoms with van der Waals surface area (Å²) in [6.45, 7) is 3.68. The van der Waals surface area contributed by atoms with Gasteiger partial charge >= 0.3 is 0 Å². The Bertz CT molecular complexity index is 236. The van der Waals surface area contributed by atoms with Crippen LogP contribution in [0.15, 0.2) is 0 Å². The van der Waals surface area contributed by atoms with Gasteiger partial charge in [0.15, 0.2) is 0 Å². The number of ether oxygens (including phenoxy) is 1. The number of hydrogen-bond donors (Lipinski definition) is 2. The van der Waals surface area contributed by atoms with E-state index in [1.807, 2.05) is 0 Å². The van der Waals surface area contributed by atoms with E-state index < -0.39 is 0 Å². The fourth-order valence-corrected chi connectivity index (χ4v) is 2.31. The Kier molecular flexibility index (Phi) is 5.26. The summed E-state index contributed by atoms with van der Waals surface area (Å²) in [7, 11) is 0. The molecule has 0 radical (unpaired) electrons. The molecule has 0 unspecified atom stereocenters. The normalized spacial score (nSPS) is 22.1. The summed E-state index contributed by atoms with van der Waals surface area (Å²) in [5, 5.41) is 6.31. The number of carbonyl (C=O) groups is 1. The lowest BCUT2D eigenvalue weighted by Gasteiger charge is -2.24. The molecular weight excluding hydrogens is 216 g/mol. The second-order valence-electron chi connectivity index (χ2n) is 5.09. The molecule has 2 rings (SSSR count). The van der Waals surface area contributed by atoms with Crippen molar-refractivity contribution in [3.63, 3.8) is 0 Å². The van der Waals surface area contributed by atoms with Gasteiger partial charge in [0.25, 0.3) is 0 Å². The summed E-state index contributed by atoms with van der Waals surface area (Å²) in [6.07, 6.45) is 6.98. The highest BCUT2D eigenvalue weighted by Crippen LogP contribution is 2.25. The molecule has 1 aliphatic carbocycles. The maximum absolute atomic E-state index is 11.5. The third kappa shape index (κ3) is 4.28. The van der Waals surface area contributed by atoms with E-state index in [2.05, 4.69) is 10.6 Å². The lowest BCUT2D eigenvalue weighted by molar-refractivity contribution is -0.127. The monoisotopic (exact) mass is 240 g/mol. The van der Waals surface area contributed by atoms with E-state index in [1.54, 1.807) is 0 Å². The van der Waals surface area contributed by atoms with Crippen LogP contribution in [0.25, 0.3) is 0 Å². The summed E-state index contributed by atoms with van der Waals surface area (Å²) in [5.41, 5.74) is 0. The highest BCUT2D eigenvalue weighted by atomic mass is 16.5. The molecule has 0 aromatic heterocycles. The molecule has 1 heterocycles. The van der Waals surface area contributed by atoms with Gasteiger partial charge in [0, 0.05) is 19.1 Å². The summed E-state index contributed by atoms with van der Waals surface area (Å²) in [6, 6.07) is 0. The molecule has 0 aromatic carbocycles. The van der Waals surface area contributed by atoms with Crippen molar-refractivity contribution in [1.29, 1.82) is 0 Å². The van der Waals surface area contributed by atoms with Gasteiger partial charge in [0.05, 0.1) is 6.10 Å². The van der Waals surface area contributed by atoms with Gasteiger partial charge in [0.2, 0.25) is 5.91 Å². The lowest BCUT2D eigenvalue weighted by Crippen LogP contribution is -2.36. The molecule has 1 amide bonds. The van der Waals surface area contributed by atoms with Crippen LogP contribution in [-0.4, -0.2) is 38.3 Å². The Morgan fingerprint density at radius 3 is 2.65 bits per heavy atom. The molecular formula is C13H24N2O2. The van der Waals surface area contributed by atoms with Crippen LogP contribution in [0.4, 0.5) is 0 Å². The van der Waals surface area contributed by atoms with Crippen LogP contribution < -0.4 is 10.6 Å². The number of nitrogens with one attached hydrogen (secondary N) is 2. The minimum absolute atomic E-state index is 0.248. The van der Waals surface area contributed by atoms with Crippen LogP contribution in [0.2, 0.25) is 0 Å². The fourth-order valence-electron chi connectivity index (χ4n) is 2.31. The zero-order chi connectivity index (χ0) is 11.9.